The third-order valence-electron chi connectivity index (χ3n) is 3.81. The van der Waals surface area contributed by atoms with E-state index in [-0.39, 0.29) is 30.9 Å². The fraction of sp³-hybridized carbons (Fsp3) is 0.562. The zero-order chi connectivity index (χ0) is 18.8. The predicted octanol–water partition coefficient (Wildman–Crippen LogP) is 2.26. The number of halogens is 3. The Morgan fingerprint density at radius 3 is 2.32 bits per heavy atom. The molecule has 0 aliphatic carbocycles. The Bertz CT molecular complexity index is 723. The molecule has 1 aromatic carbocycles. The minimum Gasteiger partial charge on any atom is -0.372 e. The van der Waals surface area contributed by atoms with Crippen molar-refractivity contribution >= 4 is 15.7 Å². The van der Waals surface area contributed by atoms with Crippen molar-refractivity contribution in [2.45, 2.75) is 38.0 Å². The highest BCUT2D eigenvalue weighted by atomic mass is 32.2. The highest BCUT2D eigenvalue weighted by Gasteiger charge is 2.35. The van der Waals surface area contributed by atoms with Crippen LogP contribution in [0.3, 0.4) is 0 Å². The SMILES string of the molecule is CC1CN(C(=O)CS(=O)(=O)Cc2ccccc2C(F)(F)F)CC(C)O1. The van der Waals surface area contributed by atoms with Gasteiger partial charge in [0, 0.05) is 13.1 Å². The molecule has 2 atom stereocenters. The maximum atomic E-state index is 13.0. The summed E-state index contributed by atoms with van der Waals surface area (Å²) in [5.41, 5.74) is -1.36. The van der Waals surface area contributed by atoms with Crippen LogP contribution in [-0.2, 0) is 31.3 Å². The molecule has 0 N–H and O–H groups in total. The van der Waals surface area contributed by atoms with E-state index < -0.39 is 39.0 Å². The number of hydrogen-bond acceptors (Lipinski definition) is 4. The number of nitrogens with zero attached hydrogens (tertiary/aromatic N) is 1. The van der Waals surface area contributed by atoms with Crippen molar-refractivity contribution in [1.82, 2.24) is 4.90 Å². The van der Waals surface area contributed by atoms with E-state index in [0.29, 0.717) is 0 Å². The van der Waals surface area contributed by atoms with Gasteiger partial charge in [0.1, 0.15) is 5.75 Å². The zero-order valence-corrected chi connectivity index (χ0v) is 14.7. The maximum Gasteiger partial charge on any atom is 0.416 e. The van der Waals surface area contributed by atoms with Crippen molar-refractivity contribution in [2.75, 3.05) is 18.8 Å². The molecule has 25 heavy (non-hydrogen) atoms. The molecule has 1 aliphatic rings. The summed E-state index contributed by atoms with van der Waals surface area (Å²) in [6, 6.07) is 4.48. The molecule has 2 rings (SSSR count). The maximum absolute atomic E-state index is 13.0. The van der Waals surface area contributed by atoms with Gasteiger partial charge in [-0.2, -0.15) is 13.2 Å². The molecule has 9 heteroatoms. The van der Waals surface area contributed by atoms with Gasteiger partial charge >= 0.3 is 6.18 Å². The van der Waals surface area contributed by atoms with Crippen molar-refractivity contribution in [3.63, 3.8) is 0 Å². The molecule has 5 nitrogen and oxygen atoms in total. The number of carbonyl (C=O) groups excluding carboxylic acids is 1. The minimum absolute atomic E-state index is 0.221. The lowest BCUT2D eigenvalue weighted by atomic mass is 10.1. The standard InChI is InChI=1S/C16H20F3NO4S/c1-11-7-20(8-12(2)24-11)15(21)10-25(22,23)9-13-5-3-4-6-14(13)16(17,18)19/h3-6,11-12H,7-10H2,1-2H3. The Kier molecular flexibility index (Phi) is 5.78. The van der Waals surface area contributed by atoms with Crippen molar-refractivity contribution < 1.29 is 31.1 Å². The molecule has 0 aromatic heterocycles. The summed E-state index contributed by atoms with van der Waals surface area (Å²) in [4.78, 5) is 13.6. The van der Waals surface area contributed by atoms with Gasteiger partial charge in [-0.15, -0.1) is 0 Å². The van der Waals surface area contributed by atoms with Crippen molar-refractivity contribution in [1.29, 1.82) is 0 Å². The summed E-state index contributed by atoms with van der Waals surface area (Å²) < 4.78 is 68.9. The lowest BCUT2D eigenvalue weighted by Crippen LogP contribution is -2.49. The Balaban J connectivity index is 2.11. The van der Waals surface area contributed by atoms with Crippen LogP contribution in [0.2, 0.25) is 0 Å². The summed E-state index contributed by atoms with van der Waals surface area (Å²) in [6.07, 6.45) is -5.09. The van der Waals surface area contributed by atoms with E-state index in [1.165, 1.54) is 17.0 Å². The van der Waals surface area contributed by atoms with Gasteiger partial charge in [0.05, 0.1) is 23.5 Å². The molecule has 1 fully saturated rings. The topological polar surface area (TPSA) is 63.7 Å². The Hall–Kier alpha value is -1.61. The van der Waals surface area contributed by atoms with Crippen LogP contribution in [0.1, 0.15) is 25.0 Å². The summed E-state index contributed by atoms with van der Waals surface area (Å²) in [7, 11) is -4.03. The third kappa shape index (κ3) is 5.43. The first-order valence-corrected chi connectivity index (χ1v) is 9.59. The highest BCUT2D eigenvalue weighted by Crippen LogP contribution is 2.32. The summed E-state index contributed by atoms with van der Waals surface area (Å²) >= 11 is 0. The molecule has 1 amide bonds. The van der Waals surface area contributed by atoms with E-state index in [4.69, 9.17) is 4.74 Å². The van der Waals surface area contributed by atoms with Crippen LogP contribution in [0.15, 0.2) is 24.3 Å². The van der Waals surface area contributed by atoms with Gasteiger partial charge in [0.2, 0.25) is 5.91 Å². The van der Waals surface area contributed by atoms with Crippen molar-refractivity contribution in [3.05, 3.63) is 35.4 Å². The van der Waals surface area contributed by atoms with Gasteiger partial charge in [-0.1, -0.05) is 18.2 Å². The minimum atomic E-state index is -4.65. The number of hydrogen-bond donors (Lipinski definition) is 0. The second kappa shape index (κ2) is 7.33. The van der Waals surface area contributed by atoms with Gasteiger partial charge < -0.3 is 9.64 Å². The van der Waals surface area contributed by atoms with Crippen LogP contribution in [-0.4, -0.2) is 50.3 Å². The van der Waals surface area contributed by atoms with Crippen LogP contribution in [0.4, 0.5) is 13.2 Å². The molecule has 2 unspecified atom stereocenters. The third-order valence-corrected chi connectivity index (χ3v) is 5.25. The van der Waals surface area contributed by atoms with Crippen LogP contribution in [0.25, 0.3) is 0 Å². The molecular formula is C16H20F3NO4S. The molecule has 0 radical (unpaired) electrons. The number of morpholine rings is 1. The number of rotatable bonds is 4. The average molecular weight is 379 g/mol. The number of amides is 1. The molecule has 1 aliphatic heterocycles. The van der Waals surface area contributed by atoms with Crippen LogP contribution < -0.4 is 0 Å². The Morgan fingerprint density at radius 2 is 1.76 bits per heavy atom. The largest absolute Gasteiger partial charge is 0.416 e. The van der Waals surface area contributed by atoms with Gasteiger partial charge in [-0.25, -0.2) is 8.42 Å². The number of sulfone groups is 1. The molecular weight excluding hydrogens is 359 g/mol. The fourth-order valence-electron chi connectivity index (χ4n) is 2.87. The van der Waals surface area contributed by atoms with E-state index in [1.807, 2.05) is 0 Å². The van der Waals surface area contributed by atoms with Gasteiger partial charge in [-0.05, 0) is 25.5 Å². The molecule has 1 saturated heterocycles. The van der Waals surface area contributed by atoms with Gasteiger partial charge in [0.15, 0.2) is 9.84 Å². The van der Waals surface area contributed by atoms with Gasteiger partial charge in [-0.3, -0.25) is 4.79 Å². The quantitative estimate of drug-likeness (QED) is 0.805. The Morgan fingerprint density at radius 1 is 1.20 bits per heavy atom. The van der Waals surface area contributed by atoms with Crippen LogP contribution in [0.5, 0.6) is 0 Å². The fourth-order valence-corrected chi connectivity index (χ4v) is 4.26. The first kappa shape index (κ1) is 19.7. The molecule has 140 valence electrons. The average Bonchev–Trinajstić information content (AvgIpc) is 2.44. The highest BCUT2D eigenvalue weighted by molar-refractivity contribution is 7.91. The summed E-state index contributed by atoms with van der Waals surface area (Å²) in [6.45, 7) is 4.06. The number of benzene rings is 1. The smallest absolute Gasteiger partial charge is 0.372 e. The summed E-state index contributed by atoms with van der Waals surface area (Å²) in [5.74, 6) is -2.27. The lowest BCUT2D eigenvalue weighted by molar-refractivity contribution is -0.140. The number of ether oxygens (including phenoxy) is 1. The Labute approximate surface area is 144 Å². The molecule has 1 heterocycles. The monoisotopic (exact) mass is 379 g/mol. The molecule has 0 bridgehead atoms. The lowest BCUT2D eigenvalue weighted by Gasteiger charge is -2.35. The zero-order valence-electron chi connectivity index (χ0n) is 13.9. The molecule has 0 spiro atoms. The van der Waals surface area contributed by atoms with E-state index in [0.717, 1.165) is 12.1 Å². The van der Waals surface area contributed by atoms with E-state index >= 15 is 0 Å². The van der Waals surface area contributed by atoms with Crippen LogP contribution in [0, 0.1) is 0 Å². The molecule has 0 saturated carbocycles. The second-order valence-corrected chi connectivity index (χ2v) is 8.31. The van der Waals surface area contributed by atoms with E-state index in [9.17, 15) is 26.4 Å². The normalized spacial score (nSPS) is 22.0. The summed E-state index contributed by atoms with van der Waals surface area (Å²) in [5, 5.41) is 0. The predicted molar refractivity (Wildman–Crippen MR) is 85.5 cm³/mol. The van der Waals surface area contributed by atoms with E-state index in [2.05, 4.69) is 0 Å². The van der Waals surface area contributed by atoms with Crippen molar-refractivity contribution in [3.8, 4) is 0 Å². The van der Waals surface area contributed by atoms with Crippen molar-refractivity contribution in [2.24, 2.45) is 0 Å². The number of alkyl halides is 3. The number of carbonyl (C=O) groups is 1. The van der Waals surface area contributed by atoms with Gasteiger partial charge in [0.25, 0.3) is 0 Å². The van der Waals surface area contributed by atoms with E-state index in [1.54, 1.807) is 13.8 Å². The second-order valence-electron chi connectivity index (χ2n) is 6.24. The molecule has 1 aromatic rings. The first-order chi connectivity index (χ1) is 11.5. The first-order valence-electron chi connectivity index (χ1n) is 7.76. The van der Waals surface area contributed by atoms with Crippen LogP contribution >= 0.6 is 0 Å².